The molecule has 1 aromatic rings. The van der Waals surface area contributed by atoms with E-state index in [4.69, 9.17) is 4.52 Å². The van der Waals surface area contributed by atoms with Crippen LogP contribution in [0, 0.1) is 6.92 Å². The first-order valence-electron chi connectivity index (χ1n) is 6.40. The van der Waals surface area contributed by atoms with Crippen molar-refractivity contribution in [2.45, 2.75) is 45.7 Å². The summed E-state index contributed by atoms with van der Waals surface area (Å²) in [7, 11) is 0. The van der Waals surface area contributed by atoms with Crippen molar-refractivity contribution in [3.8, 4) is 0 Å². The van der Waals surface area contributed by atoms with E-state index in [9.17, 15) is 9.59 Å². The maximum absolute atomic E-state index is 12.5. The highest BCUT2D eigenvalue weighted by Crippen LogP contribution is 2.23. The average molecular weight is 266 g/mol. The molecule has 0 atom stereocenters. The van der Waals surface area contributed by atoms with Crippen molar-refractivity contribution in [1.29, 1.82) is 0 Å². The second-order valence-electron chi connectivity index (χ2n) is 4.73. The van der Waals surface area contributed by atoms with Gasteiger partial charge in [0, 0.05) is 0 Å². The van der Waals surface area contributed by atoms with Gasteiger partial charge in [0.05, 0.1) is 0 Å². The molecule has 0 radical (unpaired) electrons. The minimum Gasteiger partial charge on any atom is -0.340 e. The molecule has 1 N–H and O–H groups in total. The third kappa shape index (κ3) is 2.45. The van der Waals surface area contributed by atoms with Crippen LogP contribution in [-0.2, 0) is 16.1 Å². The fourth-order valence-corrected chi connectivity index (χ4v) is 2.33. The number of hydrogen-bond donors (Lipinski definition) is 1. The molecule has 1 aromatic heterocycles. The third-order valence-electron chi connectivity index (χ3n) is 3.51. The fraction of sp³-hybridized carbons (Fsp3) is 0.667. The molecule has 1 saturated heterocycles. The van der Waals surface area contributed by atoms with E-state index in [2.05, 4.69) is 15.5 Å². The average Bonchev–Trinajstić information content (AvgIpc) is 2.79. The molecule has 2 amide bonds. The smallest absolute Gasteiger partial charge is 0.249 e. The second kappa shape index (κ2) is 4.99. The maximum atomic E-state index is 12.5. The molecule has 7 nitrogen and oxygen atoms in total. The number of aryl methyl sites for hydroxylation is 1. The lowest BCUT2D eigenvalue weighted by Crippen LogP contribution is -2.65. The van der Waals surface area contributed by atoms with Gasteiger partial charge in [-0.05, 0) is 19.8 Å². The number of nitrogens with one attached hydrogen (secondary N) is 1. The third-order valence-corrected chi connectivity index (χ3v) is 3.51. The van der Waals surface area contributed by atoms with Gasteiger partial charge in [0.1, 0.15) is 18.6 Å². The number of rotatable bonds is 4. The zero-order chi connectivity index (χ0) is 14.0. The summed E-state index contributed by atoms with van der Waals surface area (Å²) in [5, 5.41) is 6.48. The highest BCUT2D eigenvalue weighted by atomic mass is 16.5. The summed E-state index contributed by atoms with van der Waals surface area (Å²) in [5.41, 5.74) is -0.801. The highest BCUT2D eigenvalue weighted by Gasteiger charge is 2.44. The van der Waals surface area contributed by atoms with Crippen molar-refractivity contribution >= 4 is 11.8 Å². The molecule has 0 unspecified atom stereocenters. The minimum atomic E-state index is -0.801. The summed E-state index contributed by atoms with van der Waals surface area (Å²) in [4.78, 5) is 29.8. The number of amides is 2. The molecule has 1 aliphatic rings. The van der Waals surface area contributed by atoms with E-state index in [1.165, 1.54) is 4.90 Å². The Morgan fingerprint density at radius 3 is 2.58 bits per heavy atom. The predicted molar refractivity (Wildman–Crippen MR) is 65.9 cm³/mol. The SMILES string of the molecule is CCC1(CC)NC(=O)CN(Cc2nc(C)no2)C1=O. The van der Waals surface area contributed by atoms with E-state index in [0.717, 1.165) is 0 Å². The Balaban J connectivity index is 2.20. The van der Waals surface area contributed by atoms with Gasteiger partial charge in [0.25, 0.3) is 0 Å². The van der Waals surface area contributed by atoms with Gasteiger partial charge in [-0.2, -0.15) is 4.98 Å². The van der Waals surface area contributed by atoms with Crippen molar-refractivity contribution in [1.82, 2.24) is 20.4 Å². The molecule has 1 aliphatic heterocycles. The van der Waals surface area contributed by atoms with Crippen LogP contribution in [0.2, 0.25) is 0 Å². The first-order chi connectivity index (χ1) is 9.00. The summed E-state index contributed by atoms with van der Waals surface area (Å²) < 4.78 is 5.00. The normalized spacial score (nSPS) is 18.6. The Morgan fingerprint density at radius 2 is 2.05 bits per heavy atom. The van der Waals surface area contributed by atoms with Crippen molar-refractivity contribution in [3.63, 3.8) is 0 Å². The van der Waals surface area contributed by atoms with Crippen LogP contribution in [0.1, 0.15) is 38.4 Å². The maximum Gasteiger partial charge on any atom is 0.249 e. The van der Waals surface area contributed by atoms with Crippen LogP contribution in [0.15, 0.2) is 4.52 Å². The molecule has 19 heavy (non-hydrogen) atoms. The summed E-state index contributed by atoms with van der Waals surface area (Å²) >= 11 is 0. The number of carbonyl (C=O) groups is 2. The van der Waals surface area contributed by atoms with E-state index in [1.807, 2.05) is 13.8 Å². The van der Waals surface area contributed by atoms with Crippen LogP contribution in [0.25, 0.3) is 0 Å². The van der Waals surface area contributed by atoms with Crippen LogP contribution in [-0.4, -0.2) is 38.9 Å². The molecular weight excluding hydrogens is 248 g/mol. The Bertz CT molecular complexity index is 493. The molecule has 104 valence electrons. The van der Waals surface area contributed by atoms with Crippen LogP contribution in [0.5, 0.6) is 0 Å². The first kappa shape index (κ1) is 13.5. The van der Waals surface area contributed by atoms with E-state index in [0.29, 0.717) is 24.6 Å². The Morgan fingerprint density at radius 1 is 1.37 bits per heavy atom. The van der Waals surface area contributed by atoms with Crippen LogP contribution in [0.3, 0.4) is 0 Å². The Kier molecular flexibility index (Phi) is 3.55. The quantitative estimate of drug-likeness (QED) is 0.852. The summed E-state index contributed by atoms with van der Waals surface area (Å²) in [6.45, 7) is 5.70. The number of aromatic nitrogens is 2. The van der Waals surface area contributed by atoms with Crippen LogP contribution >= 0.6 is 0 Å². The molecule has 2 heterocycles. The Hall–Kier alpha value is -1.92. The van der Waals surface area contributed by atoms with Gasteiger partial charge < -0.3 is 14.7 Å². The number of piperazine rings is 1. The van der Waals surface area contributed by atoms with Gasteiger partial charge in [-0.25, -0.2) is 0 Å². The van der Waals surface area contributed by atoms with Gasteiger partial charge in [-0.1, -0.05) is 19.0 Å². The largest absolute Gasteiger partial charge is 0.340 e. The topological polar surface area (TPSA) is 88.3 Å². The lowest BCUT2D eigenvalue weighted by atomic mass is 9.89. The first-order valence-corrected chi connectivity index (χ1v) is 6.40. The van der Waals surface area contributed by atoms with Crippen LogP contribution < -0.4 is 5.32 Å². The standard InChI is InChI=1S/C12H18N4O3/c1-4-12(5-2)11(18)16(6-9(17)14-12)7-10-13-8(3)15-19-10/h4-7H2,1-3H3,(H,14,17). The van der Waals surface area contributed by atoms with Crippen molar-refractivity contribution < 1.29 is 14.1 Å². The lowest BCUT2D eigenvalue weighted by molar-refractivity contribution is -0.151. The summed E-state index contributed by atoms with van der Waals surface area (Å²) in [5.74, 6) is 0.621. The monoisotopic (exact) mass is 266 g/mol. The molecule has 0 bridgehead atoms. The van der Waals surface area contributed by atoms with Crippen LogP contribution in [0.4, 0.5) is 0 Å². The fourth-order valence-electron chi connectivity index (χ4n) is 2.33. The molecule has 0 saturated carbocycles. The number of carbonyl (C=O) groups excluding carboxylic acids is 2. The molecule has 2 rings (SSSR count). The van der Waals surface area contributed by atoms with Gasteiger partial charge in [-0.15, -0.1) is 0 Å². The molecule has 1 fully saturated rings. The van der Waals surface area contributed by atoms with Gasteiger partial charge in [0.15, 0.2) is 5.82 Å². The summed E-state index contributed by atoms with van der Waals surface area (Å²) in [6.07, 6.45) is 1.13. The van der Waals surface area contributed by atoms with Crippen molar-refractivity contribution in [2.24, 2.45) is 0 Å². The molecule has 0 aliphatic carbocycles. The van der Waals surface area contributed by atoms with Gasteiger partial charge in [0.2, 0.25) is 17.7 Å². The van der Waals surface area contributed by atoms with Crippen molar-refractivity contribution in [3.05, 3.63) is 11.7 Å². The zero-order valence-electron chi connectivity index (χ0n) is 11.4. The molecule has 0 aromatic carbocycles. The zero-order valence-corrected chi connectivity index (χ0v) is 11.4. The predicted octanol–water partition coefficient (Wildman–Crippen LogP) is 0.395. The second-order valence-corrected chi connectivity index (χ2v) is 4.73. The highest BCUT2D eigenvalue weighted by molar-refractivity contribution is 5.97. The van der Waals surface area contributed by atoms with Gasteiger partial charge in [-0.3, -0.25) is 9.59 Å². The van der Waals surface area contributed by atoms with E-state index in [-0.39, 0.29) is 24.9 Å². The van der Waals surface area contributed by atoms with Gasteiger partial charge >= 0.3 is 0 Å². The molecular formula is C12H18N4O3. The summed E-state index contributed by atoms with van der Waals surface area (Å²) in [6, 6.07) is 0. The minimum absolute atomic E-state index is 0.0298. The van der Waals surface area contributed by atoms with Crippen molar-refractivity contribution in [2.75, 3.05) is 6.54 Å². The van der Waals surface area contributed by atoms with E-state index < -0.39 is 5.54 Å². The molecule has 0 spiro atoms. The van der Waals surface area contributed by atoms with E-state index in [1.54, 1.807) is 6.92 Å². The Labute approximate surface area is 111 Å². The molecule has 7 heteroatoms. The van der Waals surface area contributed by atoms with E-state index >= 15 is 0 Å². The lowest BCUT2D eigenvalue weighted by Gasteiger charge is -2.40. The number of hydrogen-bond acceptors (Lipinski definition) is 5. The number of nitrogens with zero attached hydrogens (tertiary/aromatic N) is 3.